The summed E-state index contributed by atoms with van der Waals surface area (Å²) < 4.78 is 56.0. The van der Waals surface area contributed by atoms with E-state index in [-0.39, 0.29) is 34.2 Å². The van der Waals surface area contributed by atoms with Gasteiger partial charge >= 0.3 is 6.18 Å². The Labute approximate surface area is 197 Å². The second-order valence-corrected chi connectivity index (χ2v) is 8.74. The molecule has 1 heterocycles. The molecule has 178 valence electrons. The summed E-state index contributed by atoms with van der Waals surface area (Å²) in [4.78, 5) is 26.9. The number of Topliss-reactive ketones (excluding diaryl/α,β-unsaturated/α-hetero) is 1. The maximum Gasteiger partial charge on any atom is 0.417 e. The number of nitrogens with one attached hydrogen (secondary N) is 1. The van der Waals surface area contributed by atoms with Gasteiger partial charge in [0.25, 0.3) is 5.91 Å². The molecule has 0 saturated carbocycles. The van der Waals surface area contributed by atoms with Crippen LogP contribution in [0.15, 0.2) is 36.4 Å². The Hall–Kier alpha value is -3.20. The normalized spacial score (nSPS) is 15.7. The number of benzene rings is 2. The minimum Gasteiger partial charge on any atom is -0.345 e. The molecular formula is C24H20ClF4N3O2. The Morgan fingerprint density at radius 1 is 1.18 bits per heavy atom. The van der Waals surface area contributed by atoms with Gasteiger partial charge in [0, 0.05) is 42.0 Å². The van der Waals surface area contributed by atoms with E-state index in [1.807, 2.05) is 0 Å². The molecule has 0 radical (unpaired) electrons. The van der Waals surface area contributed by atoms with E-state index in [9.17, 15) is 22.8 Å². The molecular weight excluding hydrogens is 474 g/mol. The van der Waals surface area contributed by atoms with Crippen molar-refractivity contribution in [1.29, 1.82) is 0 Å². The Kier molecular flexibility index (Phi) is 6.24. The molecule has 0 fully saturated rings. The first-order valence-corrected chi connectivity index (χ1v) is 10.9. The third-order valence-electron chi connectivity index (χ3n) is 5.91. The number of aryl methyl sites for hydroxylation is 1. The first kappa shape index (κ1) is 23.9. The second-order valence-electron chi connectivity index (χ2n) is 8.33. The number of H-pyrrole nitrogens is 1. The van der Waals surface area contributed by atoms with Crippen LogP contribution in [0.1, 0.15) is 56.3 Å². The van der Waals surface area contributed by atoms with Crippen LogP contribution in [-0.2, 0) is 12.6 Å². The van der Waals surface area contributed by atoms with Crippen LogP contribution in [0, 0.1) is 5.82 Å². The van der Waals surface area contributed by atoms with Crippen LogP contribution in [0.5, 0.6) is 0 Å². The van der Waals surface area contributed by atoms with E-state index < -0.39 is 34.8 Å². The monoisotopic (exact) mass is 493 g/mol. The van der Waals surface area contributed by atoms with E-state index in [2.05, 4.69) is 10.2 Å². The number of hydrogen-bond donors (Lipinski definition) is 1. The first-order valence-electron chi connectivity index (χ1n) is 10.5. The van der Waals surface area contributed by atoms with Crippen LogP contribution in [0.25, 0.3) is 11.3 Å². The molecule has 1 N–H and O–H groups in total. The zero-order valence-electron chi connectivity index (χ0n) is 18.3. The lowest BCUT2D eigenvalue weighted by molar-refractivity contribution is -0.137. The largest absolute Gasteiger partial charge is 0.417 e. The molecule has 1 atom stereocenters. The second kappa shape index (κ2) is 8.87. The summed E-state index contributed by atoms with van der Waals surface area (Å²) in [6.45, 7) is 0. The number of halogens is 5. The van der Waals surface area contributed by atoms with Crippen molar-refractivity contribution in [2.75, 3.05) is 14.1 Å². The molecule has 0 saturated heterocycles. The third-order valence-corrected chi connectivity index (χ3v) is 6.23. The molecule has 1 amide bonds. The molecule has 1 aliphatic rings. The van der Waals surface area contributed by atoms with E-state index in [0.717, 1.165) is 18.2 Å². The number of hydrogen-bond acceptors (Lipinski definition) is 3. The number of aromatic nitrogens is 2. The highest BCUT2D eigenvalue weighted by Gasteiger charge is 2.40. The molecule has 1 unspecified atom stereocenters. The van der Waals surface area contributed by atoms with Crippen LogP contribution in [-0.4, -0.2) is 40.9 Å². The SMILES string of the molecule is CN(C)C(=O)c1ccc(-c2n[nH]c3c2C(C(=O)c2c(Cl)cccc2C(F)(F)F)CCC3)c(F)c1. The van der Waals surface area contributed by atoms with Crippen LogP contribution in [0.4, 0.5) is 17.6 Å². The average Bonchev–Trinajstić information content (AvgIpc) is 3.21. The van der Waals surface area contributed by atoms with E-state index in [0.29, 0.717) is 24.1 Å². The standard InChI is InChI=1S/C24H20ClF4N3O2/c1-32(2)23(34)12-9-10-13(17(26)11-12)21-19-14(5-3-8-18(19)30-31-21)22(33)20-15(24(27,28)29)6-4-7-16(20)25/h4,6-7,9-11,14H,3,5,8H2,1-2H3,(H,30,31). The van der Waals surface area contributed by atoms with Gasteiger partial charge in [-0.3, -0.25) is 14.7 Å². The lowest BCUT2D eigenvalue weighted by atomic mass is 9.78. The molecule has 3 aromatic rings. The Balaban J connectivity index is 1.81. The maximum absolute atomic E-state index is 15.1. The van der Waals surface area contributed by atoms with Crippen LogP contribution in [0.3, 0.4) is 0 Å². The maximum atomic E-state index is 15.1. The molecule has 1 aliphatic carbocycles. The van der Waals surface area contributed by atoms with E-state index in [1.165, 1.54) is 23.1 Å². The van der Waals surface area contributed by atoms with Gasteiger partial charge in [-0.05, 0) is 49.6 Å². The Morgan fingerprint density at radius 2 is 1.91 bits per heavy atom. The predicted octanol–water partition coefficient (Wildman–Crippen LogP) is 5.89. The summed E-state index contributed by atoms with van der Waals surface area (Å²) >= 11 is 6.06. The number of fused-ring (bicyclic) bond motifs is 1. The number of rotatable bonds is 4. The van der Waals surface area contributed by atoms with E-state index >= 15 is 4.39 Å². The highest BCUT2D eigenvalue weighted by molar-refractivity contribution is 6.34. The van der Waals surface area contributed by atoms with Crippen molar-refractivity contribution in [3.05, 3.63) is 75.2 Å². The number of alkyl halides is 3. The predicted molar refractivity (Wildman–Crippen MR) is 118 cm³/mol. The van der Waals surface area contributed by atoms with Crippen molar-refractivity contribution in [3.8, 4) is 11.3 Å². The molecule has 0 aliphatic heterocycles. The summed E-state index contributed by atoms with van der Waals surface area (Å²) in [6, 6.07) is 7.10. The van der Waals surface area contributed by atoms with Gasteiger partial charge in [-0.2, -0.15) is 18.3 Å². The third kappa shape index (κ3) is 4.20. The van der Waals surface area contributed by atoms with Gasteiger partial charge in [0.2, 0.25) is 0 Å². The smallest absolute Gasteiger partial charge is 0.345 e. The zero-order valence-corrected chi connectivity index (χ0v) is 19.0. The van der Waals surface area contributed by atoms with Gasteiger partial charge in [0.15, 0.2) is 5.78 Å². The highest BCUT2D eigenvalue weighted by atomic mass is 35.5. The van der Waals surface area contributed by atoms with Gasteiger partial charge < -0.3 is 4.90 Å². The fourth-order valence-electron chi connectivity index (χ4n) is 4.33. The van der Waals surface area contributed by atoms with Crippen molar-refractivity contribution in [2.45, 2.75) is 31.4 Å². The fourth-order valence-corrected chi connectivity index (χ4v) is 4.60. The summed E-state index contributed by atoms with van der Waals surface area (Å²) in [5, 5.41) is 6.70. The molecule has 34 heavy (non-hydrogen) atoms. The number of carbonyl (C=O) groups excluding carboxylic acids is 2. The molecule has 2 aromatic carbocycles. The van der Waals surface area contributed by atoms with E-state index in [1.54, 1.807) is 14.1 Å². The molecule has 5 nitrogen and oxygen atoms in total. The minimum atomic E-state index is -4.77. The quantitative estimate of drug-likeness (QED) is 0.364. The minimum absolute atomic E-state index is 0.0442. The molecule has 0 bridgehead atoms. The fraction of sp³-hybridized carbons (Fsp3) is 0.292. The molecule has 0 spiro atoms. The van der Waals surface area contributed by atoms with Crippen LogP contribution in [0.2, 0.25) is 5.02 Å². The highest BCUT2D eigenvalue weighted by Crippen LogP contribution is 2.43. The van der Waals surface area contributed by atoms with Gasteiger partial charge in [-0.1, -0.05) is 17.7 Å². The van der Waals surface area contributed by atoms with Crippen LogP contribution < -0.4 is 0 Å². The number of aromatic amines is 1. The summed E-state index contributed by atoms with van der Waals surface area (Å²) in [5.74, 6) is -2.89. The van der Waals surface area contributed by atoms with Gasteiger partial charge in [0.05, 0.1) is 22.2 Å². The van der Waals surface area contributed by atoms with Gasteiger partial charge in [-0.25, -0.2) is 4.39 Å². The summed E-state index contributed by atoms with van der Waals surface area (Å²) in [7, 11) is 3.08. The van der Waals surface area contributed by atoms with Crippen molar-refractivity contribution in [1.82, 2.24) is 15.1 Å². The van der Waals surface area contributed by atoms with Crippen molar-refractivity contribution in [2.24, 2.45) is 0 Å². The zero-order chi connectivity index (χ0) is 24.8. The lowest BCUT2D eigenvalue weighted by Gasteiger charge is -2.24. The van der Waals surface area contributed by atoms with Crippen LogP contribution >= 0.6 is 11.6 Å². The van der Waals surface area contributed by atoms with Gasteiger partial charge in [0.1, 0.15) is 5.82 Å². The number of carbonyl (C=O) groups is 2. The van der Waals surface area contributed by atoms with E-state index in [4.69, 9.17) is 11.6 Å². The Morgan fingerprint density at radius 3 is 2.56 bits per heavy atom. The number of ketones is 1. The number of nitrogens with zero attached hydrogens (tertiary/aromatic N) is 2. The Bertz CT molecular complexity index is 1280. The summed E-state index contributed by atoms with van der Waals surface area (Å²) in [6.07, 6.45) is -3.46. The lowest BCUT2D eigenvalue weighted by Crippen LogP contribution is -2.23. The van der Waals surface area contributed by atoms with Gasteiger partial charge in [-0.15, -0.1) is 0 Å². The van der Waals surface area contributed by atoms with Crippen molar-refractivity contribution in [3.63, 3.8) is 0 Å². The van der Waals surface area contributed by atoms with Crippen molar-refractivity contribution < 1.29 is 27.2 Å². The van der Waals surface area contributed by atoms with Crippen molar-refractivity contribution >= 4 is 23.3 Å². The summed E-state index contributed by atoms with van der Waals surface area (Å²) in [5.41, 5.74) is -0.483. The number of amides is 1. The average molecular weight is 494 g/mol. The molecule has 10 heteroatoms. The first-order chi connectivity index (χ1) is 16.0. The molecule has 4 rings (SSSR count). The molecule has 1 aromatic heterocycles. The topological polar surface area (TPSA) is 66.1 Å².